The summed E-state index contributed by atoms with van der Waals surface area (Å²) in [5, 5.41) is 4.14. The van der Waals surface area contributed by atoms with Crippen LogP contribution in [0.5, 0.6) is 5.75 Å². The average Bonchev–Trinajstić information content (AvgIpc) is 2.88. The van der Waals surface area contributed by atoms with Gasteiger partial charge in [0.1, 0.15) is 5.75 Å². The lowest BCUT2D eigenvalue weighted by Gasteiger charge is -2.04. The number of hydrogen-bond donors (Lipinski definition) is 1. The molecule has 1 heterocycles. The van der Waals surface area contributed by atoms with Gasteiger partial charge in [-0.3, -0.25) is 0 Å². The fourth-order valence-electron chi connectivity index (χ4n) is 1.60. The molecule has 0 saturated carbocycles. The van der Waals surface area contributed by atoms with Crippen LogP contribution in [0.1, 0.15) is 17.4 Å². The van der Waals surface area contributed by atoms with Crippen molar-refractivity contribution in [3.8, 4) is 5.75 Å². The Hall–Kier alpha value is -1.59. The first-order valence-electron chi connectivity index (χ1n) is 6.21. The van der Waals surface area contributed by atoms with Gasteiger partial charge in [0.05, 0.1) is 25.2 Å². The molecule has 0 saturated heterocycles. The molecule has 0 aliphatic rings. The summed E-state index contributed by atoms with van der Waals surface area (Å²) in [6, 6.07) is 7.90. The van der Waals surface area contributed by atoms with Gasteiger partial charge in [-0.15, -0.1) is 0 Å². The van der Waals surface area contributed by atoms with E-state index in [1.54, 1.807) is 18.4 Å². The van der Waals surface area contributed by atoms with Gasteiger partial charge in [-0.1, -0.05) is 23.5 Å². The summed E-state index contributed by atoms with van der Waals surface area (Å²) < 4.78 is 10.8. The first kappa shape index (κ1) is 13.8. The predicted molar refractivity (Wildman–Crippen MR) is 77.8 cm³/mol. The van der Waals surface area contributed by atoms with Crippen LogP contribution in [-0.2, 0) is 18.0 Å². The monoisotopic (exact) mass is 278 g/mol. The summed E-state index contributed by atoms with van der Waals surface area (Å²) in [4.78, 5) is 5.39. The summed E-state index contributed by atoms with van der Waals surface area (Å²) in [5.74, 6) is 0.862. The largest absolute Gasteiger partial charge is 0.497 e. The number of methoxy groups -OCH3 is 1. The minimum absolute atomic E-state index is 0.592. The number of thiazole rings is 1. The molecule has 0 aliphatic heterocycles. The standard InChI is InChI=1S/C14H18N2O2S/c1-3-15-14-16-8-13(19-14)10-18-9-11-4-6-12(17-2)7-5-11/h4-8H,3,9-10H2,1-2H3,(H,15,16). The number of ether oxygens (including phenoxy) is 2. The summed E-state index contributed by atoms with van der Waals surface area (Å²) in [5.41, 5.74) is 1.14. The quantitative estimate of drug-likeness (QED) is 0.844. The van der Waals surface area contributed by atoms with Crippen molar-refractivity contribution in [1.29, 1.82) is 0 Å². The Bertz CT molecular complexity index is 496. The molecule has 0 bridgehead atoms. The van der Waals surface area contributed by atoms with Crippen molar-refractivity contribution in [3.63, 3.8) is 0 Å². The molecule has 0 unspecified atom stereocenters. The van der Waals surface area contributed by atoms with Crippen LogP contribution in [0.2, 0.25) is 0 Å². The van der Waals surface area contributed by atoms with Gasteiger partial charge >= 0.3 is 0 Å². The van der Waals surface area contributed by atoms with Gasteiger partial charge in [-0.05, 0) is 24.6 Å². The third-order valence-corrected chi connectivity index (χ3v) is 3.48. The molecule has 4 nitrogen and oxygen atoms in total. The molecule has 0 amide bonds. The highest BCUT2D eigenvalue weighted by molar-refractivity contribution is 7.15. The van der Waals surface area contributed by atoms with E-state index in [0.717, 1.165) is 27.9 Å². The molecule has 0 spiro atoms. The molecular formula is C14H18N2O2S. The Morgan fingerprint density at radius 3 is 2.68 bits per heavy atom. The molecule has 0 aliphatic carbocycles. The zero-order valence-electron chi connectivity index (χ0n) is 11.2. The lowest BCUT2D eigenvalue weighted by molar-refractivity contribution is 0.109. The minimum Gasteiger partial charge on any atom is -0.497 e. The molecule has 1 aromatic heterocycles. The zero-order chi connectivity index (χ0) is 13.5. The molecule has 1 aromatic carbocycles. The fraction of sp³-hybridized carbons (Fsp3) is 0.357. The summed E-state index contributed by atoms with van der Waals surface area (Å²) in [6.07, 6.45) is 1.86. The van der Waals surface area contributed by atoms with E-state index in [4.69, 9.17) is 9.47 Å². The molecular weight excluding hydrogens is 260 g/mol. The third-order valence-electron chi connectivity index (χ3n) is 2.55. The number of anilines is 1. The molecule has 2 rings (SSSR count). The second kappa shape index (κ2) is 7.11. The van der Waals surface area contributed by atoms with Crippen molar-refractivity contribution >= 4 is 16.5 Å². The van der Waals surface area contributed by atoms with E-state index in [1.165, 1.54) is 0 Å². The molecule has 0 fully saturated rings. The van der Waals surface area contributed by atoms with Crippen LogP contribution in [0.15, 0.2) is 30.5 Å². The molecule has 5 heteroatoms. The number of nitrogens with one attached hydrogen (secondary N) is 1. The van der Waals surface area contributed by atoms with E-state index in [1.807, 2.05) is 30.5 Å². The first-order chi connectivity index (χ1) is 9.31. The summed E-state index contributed by atoms with van der Waals surface area (Å²) in [6.45, 7) is 4.13. The second-order valence-corrected chi connectivity index (χ2v) is 5.12. The van der Waals surface area contributed by atoms with E-state index in [0.29, 0.717) is 13.2 Å². The number of nitrogens with zero attached hydrogens (tertiary/aromatic N) is 1. The van der Waals surface area contributed by atoms with Crippen LogP contribution in [0.25, 0.3) is 0 Å². The van der Waals surface area contributed by atoms with Gasteiger partial charge < -0.3 is 14.8 Å². The second-order valence-electron chi connectivity index (χ2n) is 4.00. The van der Waals surface area contributed by atoms with Crippen LogP contribution < -0.4 is 10.1 Å². The molecule has 0 atom stereocenters. The third kappa shape index (κ3) is 4.22. The summed E-state index contributed by atoms with van der Waals surface area (Å²) >= 11 is 1.63. The number of aromatic nitrogens is 1. The average molecular weight is 278 g/mol. The van der Waals surface area contributed by atoms with Crippen molar-refractivity contribution in [2.45, 2.75) is 20.1 Å². The van der Waals surface area contributed by atoms with E-state index in [2.05, 4.69) is 17.2 Å². The van der Waals surface area contributed by atoms with Gasteiger partial charge in [0.2, 0.25) is 0 Å². The zero-order valence-corrected chi connectivity index (χ0v) is 12.0. The van der Waals surface area contributed by atoms with Crippen LogP contribution >= 0.6 is 11.3 Å². The highest BCUT2D eigenvalue weighted by Crippen LogP contribution is 2.19. The van der Waals surface area contributed by atoms with Crippen LogP contribution in [0.3, 0.4) is 0 Å². The van der Waals surface area contributed by atoms with Crippen molar-refractivity contribution in [2.75, 3.05) is 19.0 Å². The topological polar surface area (TPSA) is 43.4 Å². The van der Waals surface area contributed by atoms with Crippen LogP contribution in [0.4, 0.5) is 5.13 Å². The number of rotatable bonds is 7. The maximum atomic E-state index is 5.67. The van der Waals surface area contributed by atoms with E-state index >= 15 is 0 Å². The van der Waals surface area contributed by atoms with Gasteiger partial charge in [-0.2, -0.15) is 0 Å². The highest BCUT2D eigenvalue weighted by atomic mass is 32.1. The Kier molecular flexibility index (Phi) is 5.18. The van der Waals surface area contributed by atoms with Crippen molar-refractivity contribution in [3.05, 3.63) is 40.9 Å². The van der Waals surface area contributed by atoms with E-state index in [9.17, 15) is 0 Å². The highest BCUT2D eigenvalue weighted by Gasteiger charge is 2.01. The van der Waals surface area contributed by atoms with Crippen LogP contribution in [0, 0.1) is 0 Å². The number of benzene rings is 1. The SMILES string of the molecule is CCNc1ncc(COCc2ccc(OC)cc2)s1. The Balaban J connectivity index is 1.78. The van der Waals surface area contributed by atoms with Crippen molar-refractivity contribution in [1.82, 2.24) is 4.98 Å². The smallest absolute Gasteiger partial charge is 0.182 e. The molecule has 102 valence electrons. The van der Waals surface area contributed by atoms with Crippen molar-refractivity contribution in [2.24, 2.45) is 0 Å². The van der Waals surface area contributed by atoms with Gasteiger partial charge in [0.25, 0.3) is 0 Å². The predicted octanol–water partition coefficient (Wildman–Crippen LogP) is 3.30. The first-order valence-corrected chi connectivity index (χ1v) is 7.02. The molecule has 2 aromatic rings. The van der Waals surface area contributed by atoms with Crippen molar-refractivity contribution < 1.29 is 9.47 Å². The summed E-state index contributed by atoms with van der Waals surface area (Å²) in [7, 11) is 1.66. The Morgan fingerprint density at radius 1 is 1.21 bits per heavy atom. The maximum Gasteiger partial charge on any atom is 0.182 e. The van der Waals surface area contributed by atoms with Gasteiger partial charge in [-0.25, -0.2) is 4.98 Å². The van der Waals surface area contributed by atoms with Crippen LogP contribution in [-0.4, -0.2) is 18.6 Å². The van der Waals surface area contributed by atoms with Gasteiger partial charge in [0.15, 0.2) is 5.13 Å². The molecule has 0 radical (unpaired) electrons. The normalized spacial score (nSPS) is 10.4. The van der Waals surface area contributed by atoms with E-state index < -0.39 is 0 Å². The Morgan fingerprint density at radius 2 is 2.00 bits per heavy atom. The lowest BCUT2D eigenvalue weighted by Crippen LogP contribution is -1.94. The van der Waals surface area contributed by atoms with E-state index in [-0.39, 0.29) is 0 Å². The lowest BCUT2D eigenvalue weighted by atomic mass is 10.2. The molecule has 19 heavy (non-hydrogen) atoms. The number of hydrogen-bond acceptors (Lipinski definition) is 5. The maximum absolute atomic E-state index is 5.67. The minimum atomic E-state index is 0.592. The van der Waals surface area contributed by atoms with Gasteiger partial charge in [0, 0.05) is 12.7 Å². The fourth-order valence-corrected chi connectivity index (χ4v) is 2.42. The molecule has 1 N–H and O–H groups in total. The Labute approximate surface area is 117 Å².